The Kier molecular flexibility index (Phi) is 18.0. The van der Waals surface area contributed by atoms with Crippen molar-refractivity contribution in [3.8, 4) is 22.8 Å². The van der Waals surface area contributed by atoms with E-state index in [0.717, 1.165) is 33.5 Å². The molecule has 402 valence electrons. The summed E-state index contributed by atoms with van der Waals surface area (Å²) in [6.45, 7) is 1.72. The maximum Gasteiger partial charge on any atom is 0.417 e. The zero-order chi connectivity index (χ0) is 54.0. The molecule has 2 fully saturated rings. The number of anilines is 2. The summed E-state index contributed by atoms with van der Waals surface area (Å²) in [5.74, 6) is 1.42. The highest BCUT2D eigenvalue weighted by Crippen LogP contribution is 2.34. The number of carbonyl (C=O) groups is 2. The van der Waals surface area contributed by atoms with Gasteiger partial charge in [0.1, 0.15) is 25.7 Å². The van der Waals surface area contributed by atoms with E-state index in [1.807, 2.05) is 24.3 Å². The number of nitrogens with one attached hydrogen (secondary N) is 4. The van der Waals surface area contributed by atoms with Gasteiger partial charge in [-0.3, -0.25) is 9.59 Å². The molecule has 7 aromatic rings. The molecule has 6 heterocycles. The van der Waals surface area contributed by atoms with Crippen molar-refractivity contribution in [3.63, 3.8) is 0 Å². The molecule has 2 aliphatic rings. The van der Waals surface area contributed by atoms with Crippen LogP contribution in [0.15, 0.2) is 135 Å². The molecule has 0 radical (unpaired) electrons. The third-order valence-electron chi connectivity index (χ3n) is 12.3. The van der Waals surface area contributed by atoms with Crippen LogP contribution in [0.1, 0.15) is 61.7 Å². The number of aromatic nitrogens is 2. The molecule has 2 amide bonds. The summed E-state index contributed by atoms with van der Waals surface area (Å²) in [6.07, 6.45) is 1.48. The second-order valence-corrected chi connectivity index (χ2v) is 24.5. The predicted molar refractivity (Wildman–Crippen MR) is 284 cm³/mol. The van der Waals surface area contributed by atoms with Gasteiger partial charge in [0.25, 0.3) is 31.9 Å². The SMILES string of the molecule is COc1cccc(C(=O)NCc2ccc(S(=O)(=O)N3CCC(Nc4cccc(-c5cnco5)c4)CC3)s2)c1.COc1cccc(C(=O)NCc2ccc(S(=O)(=O)N3CCC(Nc4ncc(C(F)(F)F)cc4Cl)CC3)s2)c1. The molecule has 17 nitrogen and oxygen atoms in total. The van der Waals surface area contributed by atoms with E-state index >= 15 is 0 Å². The Bertz CT molecular complexity index is 3350. The Morgan fingerprint density at radius 1 is 0.697 bits per heavy atom. The van der Waals surface area contributed by atoms with Crippen LogP contribution in [-0.4, -0.2) is 99.7 Å². The Morgan fingerprint density at radius 2 is 1.21 bits per heavy atom. The number of pyridine rings is 1. The Hall–Kier alpha value is -6.54. The largest absolute Gasteiger partial charge is 0.497 e. The molecule has 4 N–H and O–H groups in total. The monoisotopic (exact) mass is 1140 g/mol. The molecule has 0 atom stereocenters. The average molecular weight is 1140 g/mol. The van der Waals surface area contributed by atoms with Gasteiger partial charge in [-0.1, -0.05) is 35.9 Å². The van der Waals surface area contributed by atoms with Crippen molar-refractivity contribution < 1.29 is 53.5 Å². The van der Waals surface area contributed by atoms with Crippen LogP contribution >= 0.6 is 34.3 Å². The first-order valence-electron chi connectivity index (χ1n) is 23.7. The standard InChI is InChI=1S/C27H28N4O5S2.C24H24ClF3N4O4S2/c1-35-23-7-3-5-20(15-23)27(32)29-16-24-8-9-26(37-24)38(33,34)31-12-10-21(11-13-31)30-22-6-2-4-19(14-22)25-17-28-18-36-25;1-36-18-4-2-3-15(11-18)23(33)30-14-19-5-6-21(37-19)38(34,35)32-9-7-17(8-10-32)31-22-20(25)12-16(13-29-22)24(26,27)28/h2-9,14-15,17-18,21,30H,10-13,16H2,1H3,(H,29,32);2-6,11-13,17H,7-10,14H2,1H3,(H,29,31)(H,30,33). The van der Waals surface area contributed by atoms with Gasteiger partial charge in [0.05, 0.1) is 44.1 Å². The molecular formula is C51H52ClF3N8O9S4. The number of alkyl halides is 3. The molecule has 4 aromatic heterocycles. The molecule has 0 saturated carbocycles. The molecule has 3 aromatic carbocycles. The van der Waals surface area contributed by atoms with Crippen LogP contribution in [0.3, 0.4) is 0 Å². The van der Waals surface area contributed by atoms with E-state index in [2.05, 4.69) is 31.2 Å². The maximum atomic E-state index is 13.3. The summed E-state index contributed by atoms with van der Waals surface area (Å²) in [5.41, 5.74) is 1.86. The first-order valence-corrected chi connectivity index (χ1v) is 28.6. The third-order valence-corrected chi connectivity index (χ3v) is 19.5. The summed E-state index contributed by atoms with van der Waals surface area (Å²) < 4.78 is 110. The third kappa shape index (κ3) is 14.1. The van der Waals surface area contributed by atoms with E-state index in [4.69, 9.17) is 25.5 Å². The van der Waals surface area contributed by atoms with E-state index in [1.54, 1.807) is 84.3 Å². The number of thiophene rings is 2. The smallest absolute Gasteiger partial charge is 0.417 e. The highest BCUT2D eigenvalue weighted by atomic mass is 35.5. The van der Waals surface area contributed by atoms with Gasteiger partial charge in [0, 0.05) is 76.6 Å². The van der Waals surface area contributed by atoms with E-state index in [1.165, 1.54) is 35.2 Å². The number of benzene rings is 3. The number of methoxy groups -OCH3 is 2. The maximum absolute atomic E-state index is 13.3. The molecule has 0 aliphatic carbocycles. The Balaban J connectivity index is 0.000000201. The van der Waals surface area contributed by atoms with Gasteiger partial charge in [-0.15, -0.1) is 22.7 Å². The highest BCUT2D eigenvalue weighted by molar-refractivity contribution is 7.91. The average Bonchev–Trinajstić information content (AvgIpc) is 4.26. The van der Waals surface area contributed by atoms with Crippen LogP contribution in [-0.2, 0) is 39.3 Å². The molecule has 25 heteroatoms. The van der Waals surface area contributed by atoms with E-state index in [-0.39, 0.29) is 69.3 Å². The predicted octanol–water partition coefficient (Wildman–Crippen LogP) is 9.63. The number of piperidine rings is 2. The molecule has 0 bridgehead atoms. The molecule has 2 saturated heterocycles. The molecule has 9 rings (SSSR count). The fourth-order valence-electron chi connectivity index (χ4n) is 8.24. The van der Waals surface area contributed by atoms with Gasteiger partial charge in [-0.05, 0) is 105 Å². The first kappa shape index (κ1) is 55.7. The minimum atomic E-state index is -4.54. The summed E-state index contributed by atoms with van der Waals surface area (Å²) in [7, 11) is -4.28. The van der Waals surface area contributed by atoms with Crippen molar-refractivity contribution in [3.05, 3.63) is 153 Å². The summed E-state index contributed by atoms with van der Waals surface area (Å²) in [6, 6.07) is 28.8. The first-order chi connectivity index (χ1) is 36.4. The fraction of sp³-hybridized carbons (Fsp3) is 0.294. The topological polar surface area (TPSA) is 214 Å². The number of hydrogen-bond acceptors (Lipinski definition) is 15. The number of oxazole rings is 1. The van der Waals surface area contributed by atoms with Crippen LogP contribution in [0, 0.1) is 0 Å². The van der Waals surface area contributed by atoms with Gasteiger partial charge in [-0.2, -0.15) is 21.8 Å². The number of carbonyl (C=O) groups excluding carboxylic acids is 2. The normalized spacial score (nSPS) is 15.0. The van der Waals surface area contributed by atoms with Gasteiger partial charge >= 0.3 is 6.18 Å². The fourth-order valence-corrected chi connectivity index (χ4v) is 14.3. The number of sulfonamides is 2. The van der Waals surface area contributed by atoms with Gasteiger partial charge in [0.15, 0.2) is 12.2 Å². The highest BCUT2D eigenvalue weighted by Gasteiger charge is 2.34. The quantitative estimate of drug-likeness (QED) is 0.0669. The van der Waals surface area contributed by atoms with Crippen LogP contribution < -0.4 is 30.7 Å². The minimum absolute atomic E-state index is 0.125. The second-order valence-electron chi connectivity index (χ2n) is 17.4. The van der Waals surface area contributed by atoms with Crippen molar-refractivity contribution in [1.82, 2.24) is 29.2 Å². The summed E-state index contributed by atoms with van der Waals surface area (Å²) in [5, 5.41) is 12.0. The number of hydrogen-bond donors (Lipinski definition) is 4. The van der Waals surface area contributed by atoms with Crippen molar-refractivity contribution in [2.75, 3.05) is 51.0 Å². The zero-order valence-electron chi connectivity index (χ0n) is 40.9. The summed E-state index contributed by atoms with van der Waals surface area (Å²) >= 11 is 8.24. The number of halogens is 4. The van der Waals surface area contributed by atoms with Crippen LogP contribution in [0.25, 0.3) is 11.3 Å². The number of amides is 2. The second kappa shape index (κ2) is 24.6. The number of nitrogens with zero attached hydrogens (tertiary/aromatic N) is 4. The Labute approximate surface area is 450 Å². The van der Waals surface area contributed by atoms with Crippen molar-refractivity contribution in [1.29, 1.82) is 0 Å². The van der Waals surface area contributed by atoms with Crippen LogP contribution in [0.5, 0.6) is 11.5 Å². The minimum Gasteiger partial charge on any atom is -0.497 e. The van der Waals surface area contributed by atoms with Crippen LogP contribution in [0.2, 0.25) is 5.02 Å². The van der Waals surface area contributed by atoms with Crippen molar-refractivity contribution in [2.24, 2.45) is 0 Å². The molecule has 2 aliphatic heterocycles. The van der Waals surface area contributed by atoms with Gasteiger partial charge in [0.2, 0.25) is 0 Å². The summed E-state index contributed by atoms with van der Waals surface area (Å²) in [4.78, 5) is 34.1. The zero-order valence-corrected chi connectivity index (χ0v) is 44.9. The van der Waals surface area contributed by atoms with E-state index in [0.29, 0.717) is 78.2 Å². The lowest BCUT2D eigenvalue weighted by Gasteiger charge is -2.31. The molecular weight excluding hydrogens is 1090 g/mol. The van der Waals surface area contributed by atoms with Crippen molar-refractivity contribution >= 4 is 77.6 Å². The Morgan fingerprint density at radius 3 is 1.68 bits per heavy atom. The molecule has 0 spiro atoms. The molecule has 76 heavy (non-hydrogen) atoms. The number of rotatable bonds is 17. The lowest BCUT2D eigenvalue weighted by atomic mass is 10.1. The van der Waals surface area contributed by atoms with E-state index in [9.17, 15) is 39.6 Å². The lowest BCUT2D eigenvalue weighted by Crippen LogP contribution is -2.42. The number of ether oxygens (including phenoxy) is 2. The molecule has 0 unspecified atom stereocenters. The lowest BCUT2D eigenvalue weighted by molar-refractivity contribution is -0.137. The van der Waals surface area contributed by atoms with Crippen molar-refractivity contribution in [2.45, 2.75) is 65.5 Å². The van der Waals surface area contributed by atoms with E-state index < -0.39 is 31.8 Å². The van der Waals surface area contributed by atoms with Crippen LogP contribution in [0.4, 0.5) is 24.7 Å². The van der Waals surface area contributed by atoms with Gasteiger partial charge < -0.3 is 35.2 Å². The van der Waals surface area contributed by atoms with Gasteiger partial charge in [-0.25, -0.2) is 26.8 Å².